The number of rotatable bonds is 1. The lowest BCUT2D eigenvalue weighted by molar-refractivity contribution is -0.155. The van der Waals surface area contributed by atoms with Crippen molar-refractivity contribution in [2.75, 3.05) is 5.73 Å². The van der Waals surface area contributed by atoms with Crippen LogP contribution < -0.4 is 5.73 Å². The number of hydrogen-bond donors (Lipinski definition) is 1. The molecule has 1 aromatic rings. The van der Waals surface area contributed by atoms with Crippen LogP contribution in [-0.2, 0) is 9.53 Å². The lowest BCUT2D eigenvalue weighted by Crippen LogP contribution is -2.32. The predicted octanol–water partition coefficient (Wildman–Crippen LogP) is 3.27. The topological polar surface area (TPSA) is 64.7 Å². The standard InChI is InChI=1S/C17H18N2O2/c1-17(2,3)21-16(20)11-7-4-6-10-14-12(18)8-5-9-13(14)19-15(10)11/h4-9,11H,18H2,1-3H3. The number of carbonyl (C=O) groups excluding carboxylic acids is 1. The maximum atomic E-state index is 12.4. The summed E-state index contributed by atoms with van der Waals surface area (Å²) in [7, 11) is 0. The maximum absolute atomic E-state index is 12.4. The Balaban J connectivity index is 1.97. The summed E-state index contributed by atoms with van der Waals surface area (Å²) in [4.78, 5) is 17.0. The first-order valence-corrected chi connectivity index (χ1v) is 6.96. The molecule has 0 aromatic heterocycles. The molecule has 108 valence electrons. The summed E-state index contributed by atoms with van der Waals surface area (Å²) in [6.45, 7) is 5.58. The van der Waals surface area contributed by atoms with Crippen molar-refractivity contribution < 1.29 is 9.53 Å². The van der Waals surface area contributed by atoms with Crippen LogP contribution in [0.2, 0.25) is 0 Å². The van der Waals surface area contributed by atoms with Gasteiger partial charge in [0, 0.05) is 16.8 Å². The molecule has 0 bridgehead atoms. The number of ether oxygens (including phenoxy) is 1. The van der Waals surface area contributed by atoms with Crippen LogP contribution in [0.25, 0.3) is 5.57 Å². The minimum absolute atomic E-state index is 0.283. The number of nitrogens with two attached hydrogens (primary N) is 1. The van der Waals surface area contributed by atoms with E-state index in [2.05, 4.69) is 4.99 Å². The van der Waals surface area contributed by atoms with Crippen molar-refractivity contribution >= 4 is 28.6 Å². The van der Waals surface area contributed by atoms with Crippen molar-refractivity contribution in [1.82, 2.24) is 0 Å². The van der Waals surface area contributed by atoms with Crippen molar-refractivity contribution in [2.24, 2.45) is 10.9 Å². The zero-order chi connectivity index (χ0) is 15.2. The van der Waals surface area contributed by atoms with Crippen molar-refractivity contribution in [1.29, 1.82) is 0 Å². The summed E-state index contributed by atoms with van der Waals surface area (Å²) >= 11 is 0. The highest BCUT2D eigenvalue weighted by Gasteiger charge is 2.35. The molecule has 1 heterocycles. The van der Waals surface area contributed by atoms with Crippen molar-refractivity contribution in [3.05, 3.63) is 42.0 Å². The molecular weight excluding hydrogens is 264 g/mol. The van der Waals surface area contributed by atoms with Gasteiger partial charge in [-0.05, 0) is 32.9 Å². The lowest BCUT2D eigenvalue weighted by Gasteiger charge is -2.24. The molecule has 0 radical (unpaired) electrons. The average molecular weight is 282 g/mol. The highest BCUT2D eigenvalue weighted by molar-refractivity contribution is 6.36. The average Bonchev–Trinajstić information content (AvgIpc) is 2.75. The van der Waals surface area contributed by atoms with Gasteiger partial charge in [-0.3, -0.25) is 9.79 Å². The van der Waals surface area contributed by atoms with E-state index >= 15 is 0 Å². The van der Waals surface area contributed by atoms with Gasteiger partial charge in [-0.15, -0.1) is 0 Å². The maximum Gasteiger partial charge on any atom is 0.319 e. The third-order valence-electron chi connectivity index (χ3n) is 3.38. The Morgan fingerprint density at radius 2 is 2.10 bits per heavy atom. The van der Waals surface area contributed by atoms with Gasteiger partial charge in [0.25, 0.3) is 0 Å². The Morgan fingerprint density at radius 3 is 2.81 bits per heavy atom. The van der Waals surface area contributed by atoms with Crippen LogP contribution in [0.15, 0.2) is 41.4 Å². The number of nitrogen functional groups attached to an aromatic ring is 1. The smallest absolute Gasteiger partial charge is 0.319 e. The SMILES string of the molecule is CC(C)(C)OC(=O)C1C=CC=C2C1=Nc1cccc(N)c12. The summed E-state index contributed by atoms with van der Waals surface area (Å²) < 4.78 is 5.48. The zero-order valence-corrected chi connectivity index (χ0v) is 12.4. The molecule has 1 unspecified atom stereocenters. The normalized spacial score (nSPS) is 19.5. The fourth-order valence-electron chi connectivity index (χ4n) is 2.58. The second-order valence-corrected chi connectivity index (χ2v) is 6.21. The van der Waals surface area contributed by atoms with Gasteiger partial charge in [-0.1, -0.05) is 24.3 Å². The number of benzene rings is 1. The summed E-state index contributed by atoms with van der Waals surface area (Å²) in [5.41, 5.74) is 9.57. The molecule has 0 spiro atoms. The predicted molar refractivity (Wildman–Crippen MR) is 84.4 cm³/mol. The van der Waals surface area contributed by atoms with Crippen molar-refractivity contribution in [3.63, 3.8) is 0 Å². The molecule has 0 amide bonds. The van der Waals surface area contributed by atoms with Crippen LogP contribution in [0.5, 0.6) is 0 Å². The summed E-state index contributed by atoms with van der Waals surface area (Å²) in [5.74, 6) is -0.759. The highest BCUT2D eigenvalue weighted by Crippen LogP contribution is 2.42. The molecule has 2 N–H and O–H groups in total. The molecule has 4 heteroatoms. The van der Waals surface area contributed by atoms with Crippen LogP contribution in [-0.4, -0.2) is 17.3 Å². The Morgan fingerprint density at radius 1 is 1.33 bits per heavy atom. The first kappa shape index (κ1) is 13.6. The second-order valence-electron chi connectivity index (χ2n) is 6.21. The van der Waals surface area contributed by atoms with Crippen LogP contribution >= 0.6 is 0 Å². The van der Waals surface area contributed by atoms with Crippen LogP contribution in [0.1, 0.15) is 26.3 Å². The Kier molecular flexibility index (Phi) is 2.97. The number of nitrogens with zero attached hydrogens (tertiary/aromatic N) is 1. The molecule has 0 saturated heterocycles. The number of anilines is 1. The summed E-state index contributed by atoms with van der Waals surface area (Å²) in [6, 6.07) is 5.62. The van der Waals surface area contributed by atoms with Gasteiger partial charge in [-0.25, -0.2) is 0 Å². The molecule has 21 heavy (non-hydrogen) atoms. The first-order chi connectivity index (χ1) is 9.87. The fraction of sp³-hybridized carbons (Fsp3) is 0.294. The lowest BCUT2D eigenvalue weighted by atomic mass is 9.88. The zero-order valence-electron chi connectivity index (χ0n) is 12.4. The third kappa shape index (κ3) is 2.37. The second kappa shape index (κ2) is 4.58. The van der Waals surface area contributed by atoms with Gasteiger partial charge in [0.1, 0.15) is 11.5 Å². The minimum Gasteiger partial charge on any atom is -0.459 e. The third-order valence-corrected chi connectivity index (χ3v) is 3.38. The van der Waals surface area contributed by atoms with Gasteiger partial charge >= 0.3 is 5.97 Å². The van der Waals surface area contributed by atoms with Gasteiger partial charge < -0.3 is 10.5 Å². The molecule has 0 saturated carbocycles. The van der Waals surface area contributed by atoms with E-state index in [-0.39, 0.29) is 5.97 Å². The molecule has 1 atom stereocenters. The fourth-order valence-corrected chi connectivity index (χ4v) is 2.58. The number of hydrogen-bond acceptors (Lipinski definition) is 4. The molecule has 0 fully saturated rings. The van der Waals surface area contributed by atoms with E-state index in [4.69, 9.17) is 10.5 Å². The number of aliphatic imine (C=N–C) groups is 1. The summed E-state index contributed by atoms with van der Waals surface area (Å²) in [5, 5.41) is 0. The van der Waals surface area contributed by atoms with Gasteiger partial charge in [0.2, 0.25) is 0 Å². The minimum atomic E-state index is -0.517. The van der Waals surface area contributed by atoms with E-state index in [1.807, 2.05) is 57.2 Å². The molecule has 1 aliphatic carbocycles. The quantitative estimate of drug-likeness (QED) is 0.635. The molecule has 1 aliphatic heterocycles. The number of carbonyl (C=O) groups is 1. The van der Waals surface area contributed by atoms with E-state index in [0.29, 0.717) is 5.69 Å². The van der Waals surface area contributed by atoms with E-state index < -0.39 is 11.5 Å². The van der Waals surface area contributed by atoms with Gasteiger partial charge in [0.05, 0.1) is 11.4 Å². The Labute approximate surface area is 124 Å². The highest BCUT2D eigenvalue weighted by atomic mass is 16.6. The van der Waals surface area contributed by atoms with Crippen LogP contribution in [0, 0.1) is 5.92 Å². The Bertz CT molecular complexity index is 706. The largest absolute Gasteiger partial charge is 0.459 e. The Hall–Kier alpha value is -2.36. The van der Waals surface area contributed by atoms with E-state index in [9.17, 15) is 4.79 Å². The number of fused-ring (bicyclic) bond motifs is 3. The van der Waals surface area contributed by atoms with Crippen molar-refractivity contribution in [3.8, 4) is 0 Å². The molecule has 1 aromatic carbocycles. The van der Waals surface area contributed by atoms with Crippen LogP contribution in [0.4, 0.5) is 11.4 Å². The molecule has 3 rings (SSSR count). The van der Waals surface area contributed by atoms with Gasteiger partial charge in [0.15, 0.2) is 0 Å². The molecule has 2 aliphatic rings. The number of allylic oxidation sites excluding steroid dienone is 3. The van der Waals surface area contributed by atoms with E-state index in [1.54, 1.807) is 0 Å². The van der Waals surface area contributed by atoms with Crippen LogP contribution in [0.3, 0.4) is 0 Å². The summed E-state index contributed by atoms with van der Waals surface area (Å²) in [6.07, 6.45) is 5.63. The monoisotopic (exact) mass is 282 g/mol. The van der Waals surface area contributed by atoms with Crippen molar-refractivity contribution in [2.45, 2.75) is 26.4 Å². The molecule has 4 nitrogen and oxygen atoms in total. The first-order valence-electron chi connectivity index (χ1n) is 6.96. The van der Waals surface area contributed by atoms with E-state index in [0.717, 1.165) is 22.5 Å². The van der Waals surface area contributed by atoms with E-state index in [1.165, 1.54) is 0 Å². The number of esters is 1. The molecular formula is C17H18N2O2. The van der Waals surface area contributed by atoms with Gasteiger partial charge in [-0.2, -0.15) is 0 Å².